The van der Waals surface area contributed by atoms with Crippen LogP contribution in [0, 0.1) is 0 Å². The van der Waals surface area contributed by atoms with Crippen molar-refractivity contribution in [1.29, 1.82) is 0 Å². The summed E-state index contributed by atoms with van der Waals surface area (Å²) in [5.74, 6) is 0.343. The minimum atomic E-state index is 0.0775. The number of benzene rings is 1. The van der Waals surface area contributed by atoms with Gasteiger partial charge < -0.3 is 10.4 Å². The first kappa shape index (κ1) is 10.7. The summed E-state index contributed by atoms with van der Waals surface area (Å²) >= 11 is 5.94. The van der Waals surface area contributed by atoms with E-state index >= 15 is 0 Å². The van der Waals surface area contributed by atoms with Crippen molar-refractivity contribution in [2.75, 3.05) is 5.32 Å². The number of hydrogen-bond acceptors (Lipinski definition) is 7. The Balaban J connectivity index is 2.04. The van der Waals surface area contributed by atoms with Gasteiger partial charge in [-0.2, -0.15) is 0 Å². The van der Waals surface area contributed by atoms with Crippen LogP contribution in [0.2, 0.25) is 5.15 Å². The summed E-state index contributed by atoms with van der Waals surface area (Å²) in [6.07, 6.45) is 0. The normalized spacial score (nSPS) is 10.7. The summed E-state index contributed by atoms with van der Waals surface area (Å²) in [7, 11) is 0. The molecule has 0 bridgehead atoms. The van der Waals surface area contributed by atoms with Crippen molar-refractivity contribution in [3.8, 4) is 5.75 Å². The van der Waals surface area contributed by atoms with Gasteiger partial charge in [0.2, 0.25) is 11.3 Å². The Morgan fingerprint density at radius 1 is 1.11 bits per heavy atom. The quantitative estimate of drug-likeness (QED) is 0.683. The second-order valence-electron chi connectivity index (χ2n) is 3.42. The van der Waals surface area contributed by atoms with Crippen molar-refractivity contribution < 1.29 is 9.74 Å². The van der Waals surface area contributed by atoms with Crippen LogP contribution in [0.5, 0.6) is 5.75 Å². The van der Waals surface area contributed by atoms with E-state index in [4.69, 9.17) is 11.6 Å². The number of aromatic nitrogens is 4. The first-order chi connectivity index (χ1) is 8.74. The van der Waals surface area contributed by atoms with Gasteiger partial charge >= 0.3 is 0 Å². The number of nitrogens with one attached hydrogen (secondary N) is 1. The number of para-hydroxylation sites is 2. The third kappa shape index (κ3) is 1.80. The van der Waals surface area contributed by atoms with Gasteiger partial charge in [0.15, 0.2) is 11.0 Å². The highest BCUT2D eigenvalue weighted by Gasteiger charge is 2.12. The van der Waals surface area contributed by atoms with Gasteiger partial charge in [0.05, 0.1) is 5.69 Å². The summed E-state index contributed by atoms with van der Waals surface area (Å²) in [6, 6.07) is 6.69. The Morgan fingerprint density at radius 3 is 2.61 bits per heavy atom. The predicted octanol–water partition coefficient (Wildman–Crippen LogP) is 2.12. The van der Waals surface area contributed by atoms with Crippen LogP contribution >= 0.6 is 11.6 Å². The molecule has 3 rings (SSSR count). The molecule has 0 unspecified atom stereocenters. The SMILES string of the molecule is Oc1ccccc1Nc1nc2nonc2nc1Cl. The standard InChI is InChI=1S/C10H6ClN5O2/c11-7-8(12-5-3-1-2-4-6(5)17)14-10-9(13-7)15-18-16-10/h1-4,17H,(H,12,14,16). The minimum absolute atomic E-state index is 0.0775. The second kappa shape index (κ2) is 4.11. The van der Waals surface area contributed by atoms with Gasteiger partial charge in [-0.15, -0.1) is 0 Å². The first-order valence-electron chi connectivity index (χ1n) is 4.95. The highest BCUT2D eigenvalue weighted by Crippen LogP contribution is 2.28. The van der Waals surface area contributed by atoms with E-state index in [-0.39, 0.29) is 28.0 Å². The molecule has 2 aromatic heterocycles. The monoisotopic (exact) mass is 263 g/mol. The topological polar surface area (TPSA) is 97.0 Å². The molecule has 0 aliphatic heterocycles. The van der Waals surface area contributed by atoms with Gasteiger partial charge in [0.25, 0.3) is 0 Å². The molecule has 0 aliphatic carbocycles. The lowest BCUT2D eigenvalue weighted by atomic mass is 10.3. The molecule has 2 heterocycles. The number of aromatic hydroxyl groups is 1. The zero-order chi connectivity index (χ0) is 12.5. The lowest BCUT2D eigenvalue weighted by Crippen LogP contribution is -1.97. The molecule has 0 radical (unpaired) electrons. The molecular weight excluding hydrogens is 258 g/mol. The van der Waals surface area contributed by atoms with Gasteiger partial charge in [-0.25, -0.2) is 14.6 Å². The lowest BCUT2D eigenvalue weighted by molar-refractivity contribution is 0.314. The van der Waals surface area contributed by atoms with Gasteiger partial charge in [0, 0.05) is 0 Å². The molecule has 0 amide bonds. The zero-order valence-corrected chi connectivity index (χ0v) is 9.59. The number of rotatable bonds is 2. The van der Waals surface area contributed by atoms with E-state index in [0.29, 0.717) is 5.69 Å². The Bertz CT molecular complexity index is 714. The maximum absolute atomic E-state index is 9.64. The van der Waals surface area contributed by atoms with E-state index in [0.717, 1.165) is 0 Å². The van der Waals surface area contributed by atoms with Crippen molar-refractivity contribution in [3.05, 3.63) is 29.4 Å². The summed E-state index contributed by atoms with van der Waals surface area (Å²) in [5, 5.41) is 19.7. The molecule has 8 heteroatoms. The molecule has 18 heavy (non-hydrogen) atoms. The van der Waals surface area contributed by atoms with Crippen molar-refractivity contribution in [3.63, 3.8) is 0 Å². The number of fused-ring (bicyclic) bond motifs is 1. The molecule has 3 aromatic rings. The summed E-state index contributed by atoms with van der Waals surface area (Å²) in [5.41, 5.74) is 0.921. The zero-order valence-electron chi connectivity index (χ0n) is 8.83. The van der Waals surface area contributed by atoms with E-state index < -0.39 is 0 Å². The molecule has 90 valence electrons. The fourth-order valence-electron chi connectivity index (χ4n) is 1.40. The van der Waals surface area contributed by atoms with E-state index in [1.54, 1.807) is 24.3 Å². The average Bonchev–Trinajstić information content (AvgIpc) is 2.79. The minimum Gasteiger partial charge on any atom is -0.506 e. The summed E-state index contributed by atoms with van der Waals surface area (Å²) in [6.45, 7) is 0. The molecule has 0 atom stereocenters. The molecule has 7 nitrogen and oxygen atoms in total. The second-order valence-corrected chi connectivity index (χ2v) is 3.77. The molecular formula is C10H6ClN5O2. The van der Waals surface area contributed by atoms with Crippen LogP contribution in [-0.2, 0) is 0 Å². The summed E-state index contributed by atoms with van der Waals surface area (Å²) in [4.78, 5) is 8.04. The molecule has 0 saturated heterocycles. The van der Waals surface area contributed by atoms with Crippen LogP contribution in [-0.4, -0.2) is 25.4 Å². The largest absolute Gasteiger partial charge is 0.506 e. The fraction of sp³-hybridized carbons (Fsp3) is 0. The molecule has 2 N–H and O–H groups in total. The molecule has 1 aromatic carbocycles. The van der Waals surface area contributed by atoms with Crippen LogP contribution < -0.4 is 5.32 Å². The van der Waals surface area contributed by atoms with Gasteiger partial charge in [-0.3, -0.25) is 0 Å². The number of nitrogens with zero attached hydrogens (tertiary/aromatic N) is 4. The van der Waals surface area contributed by atoms with Crippen LogP contribution in [0.3, 0.4) is 0 Å². The van der Waals surface area contributed by atoms with Crippen LogP contribution in [0.15, 0.2) is 28.9 Å². The third-order valence-corrected chi connectivity index (χ3v) is 2.49. The predicted molar refractivity (Wildman–Crippen MR) is 63.8 cm³/mol. The van der Waals surface area contributed by atoms with Crippen molar-refractivity contribution in [2.45, 2.75) is 0 Å². The number of halogens is 1. The van der Waals surface area contributed by atoms with Gasteiger partial charge in [0.1, 0.15) is 5.75 Å². The van der Waals surface area contributed by atoms with Crippen molar-refractivity contribution >= 4 is 34.4 Å². The van der Waals surface area contributed by atoms with E-state index in [1.807, 2.05) is 0 Å². The fourth-order valence-corrected chi connectivity index (χ4v) is 1.57. The van der Waals surface area contributed by atoms with E-state index in [1.165, 1.54) is 0 Å². The number of hydrogen-bond donors (Lipinski definition) is 2. The highest BCUT2D eigenvalue weighted by atomic mass is 35.5. The smallest absolute Gasteiger partial charge is 0.245 e. The Kier molecular flexibility index (Phi) is 2.45. The molecule has 0 aliphatic rings. The average molecular weight is 264 g/mol. The Morgan fingerprint density at radius 2 is 1.83 bits per heavy atom. The lowest BCUT2D eigenvalue weighted by Gasteiger charge is -2.07. The van der Waals surface area contributed by atoms with Gasteiger partial charge in [-0.1, -0.05) is 23.7 Å². The van der Waals surface area contributed by atoms with Gasteiger partial charge in [-0.05, 0) is 22.4 Å². The number of phenolic OH excluding ortho intramolecular Hbond substituents is 1. The molecule has 0 fully saturated rings. The Hall–Kier alpha value is -2.41. The van der Waals surface area contributed by atoms with Crippen LogP contribution in [0.4, 0.5) is 11.5 Å². The molecule has 0 spiro atoms. The van der Waals surface area contributed by atoms with Crippen molar-refractivity contribution in [1.82, 2.24) is 20.3 Å². The number of anilines is 2. The van der Waals surface area contributed by atoms with Crippen LogP contribution in [0.1, 0.15) is 0 Å². The number of phenols is 1. The summed E-state index contributed by atoms with van der Waals surface area (Å²) < 4.78 is 4.49. The third-order valence-electron chi connectivity index (χ3n) is 2.23. The van der Waals surface area contributed by atoms with E-state index in [2.05, 4.69) is 30.2 Å². The highest BCUT2D eigenvalue weighted by molar-refractivity contribution is 6.32. The maximum Gasteiger partial charge on any atom is 0.245 e. The Labute approximate surface area is 105 Å². The van der Waals surface area contributed by atoms with Crippen molar-refractivity contribution in [2.24, 2.45) is 0 Å². The first-order valence-corrected chi connectivity index (χ1v) is 5.32. The maximum atomic E-state index is 9.64. The molecule has 0 saturated carbocycles. The van der Waals surface area contributed by atoms with E-state index in [9.17, 15) is 5.11 Å². The van der Waals surface area contributed by atoms with Crippen LogP contribution in [0.25, 0.3) is 11.3 Å².